The van der Waals surface area contributed by atoms with Crippen molar-refractivity contribution >= 4 is 38.9 Å². The fourth-order valence-electron chi connectivity index (χ4n) is 5.10. The number of sulfone groups is 1. The van der Waals surface area contributed by atoms with Crippen LogP contribution in [0.1, 0.15) is 19.3 Å². The summed E-state index contributed by atoms with van der Waals surface area (Å²) < 4.78 is 24.5. The van der Waals surface area contributed by atoms with E-state index in [0.29, 0.717) is 24.7 Å². The minimum Gasteiger partial charge on any atom is -0.382 e. The number of pyridine rings is 1. The normalized spacial score (nSPS) is 17.5. The van der Waals surface area contributed by atoms with E-state index in [-0.39, 0.29) is 22.9 Å². The fraction of sp³-hybridized carbons (Fsp3) is 0.400. The Hall–Kier alpha value is -3.11. The van der Waals surface area contributed by atoms with Crippen molar-refractivity contribution in [1.29, 1.82) is 0 Å². The molecule has 5 rings (SSSR count). The molecule has 1 amide bonds. The largest absolute Gasteiger partial charge is 0.382 e. The minimum absolute atomic E-state index is 0.0447. The number of halogens is 1. The Morgan fingerprint density at radius 3 is 2.42 bits per heavy atom. The second-order valence-corrected chi connectivity index (χ2v) is 12.3. The maximum Gasteiger partial charge on any atom is 0.226 e. The van der Waals surface area contributed by atoms with Gasteiger partial charge in [-0.3, -0.25) is 9.48 Å². The summed E-state index contributed by atoms with van der Waals surface area (Å²) in [6.07, 6.45) is 8.98. The molecule has 2 aliphatic rings. The number of carbonyl (C=O) groups is 1. The van der Waals surface area contributed by atoms with Crippen molar-refractivity contribution in [2.75, 3.05) is 42.3 Å². The van der Waals surface area contributed by atoms with E-state index in [0.717, 1.165) is 53.7 Å². The van der Waals surface area contributed by atoms with Gasteiger partial charge in [0.1, 0.15) is 20.7 Å². The Bertz CT molecular complexity index is 1400. The van der Waals surface area contributed by atoms with Gasteiger partial charge < -0.3 is 16.0 Å². The number of carbonyl (C=O) groups excluding carboxylic acids is 1. The first-order chi connectivity index (χ1) is 17.2. The van der Waals surface area contributed by atoms with Gasteiger partial charge in [-0.15, -0.1) is 0 Å². The molecule has 2 fully saturated rings. The van der Waals surface area contributed by atoms with Crippen molar-refractivity contribution in [3.63, 3.8) is 0 Å². The number of nitrogens with zero attached hydrogens (tertiary/aromatic N) is 4. The lowest BCUT2D eigenvalue weighted by Crippen LogP contribution is -2.44. The van der Waals surface area contributed by atoms with E-state index in [9.17, 15) is 13.2 Å². The third-order valence-corrected chi connectivity index (χ3v) is 8.58. The highest BCUT2D eigenvalue weighted by Gasteiger charge is 2.44. The zero-order chi connectivity index (χ0) is 25.5. The Morgan fingerprint density at radius 2 is 1.78 bits per heavy atom. The smallest absolute Gasteiger partial charge is 0.226 e. The molecule has 190 valence electrons. The Labute approximate surface area is 215 Å². The topological polar surface area (TPSA) is 123 Å². The Balaban J connectivity index is 1.38. The van der Waals surface area contributed by atoms with Gasteiger partial charge in [0.25, 0.3) is 0 Å². The number of aromatic nitrogens is 3. The van der Waals surface area contributed by atoms with Crippen LogP contribution in [0.4, 0.5) is 11.5 Å². The third kappa shape index (κ3) is 4.79. The molecule has 0 aliphatic carbocycles. The maximum absolute atomic E-state index is 12.4. The number of nitrogens with two attached hydrogens (primary N) is 1. The fourth-order valence-corrected chi connectivity index (χ4v) is 5.89. The van der Waals surface area contributed by atoms with Crippen LogP contribution in [0.25, 0.3) is 22.3 Å². The molecule has 9 nitrogen and oxygen atoms in total. The Kier molecular flexibility index (Phi) is 6.42. The van der Waals surface area contributed by atoms with Crippen LogP contribution in [0.2, 0.25) is 5.02 Å². The second-order valence-electron chi connectivity index (χ2n) is 9.69. The molecule has 1 spiro atoms. The number of benzene rings is 1. The molecule has 2 aromatic heterocycles. The third-order valence-electron chi connectivity index (χ3n) is 7.28. The molecule has 0 radical (unpaired) electrons. The maximum atomic E-state index is 12.4. The summed E-state index contributed by atoms with van der Waals surface area (Å²) in [7, 11) is -3.05. The van der Waals surface area contributed by atoms with E-state index in [1.165, 1.54) is 6.26 Å². The number of anilines is 2. The zero-order valence-electron chi connectivity index (χ0n) is 20.1. The number of rotatable bonds is 6. The van der Waals surface area contributed by atoms with Gasteiger partial charge in [-0.2, -0.15) is 5.10 Å². The average Bonchev–Trinajstić information content (AvgIpc) is 3.47. The van der Waals surface area contributed by atoms with Crippen molar-refractivity contribution < 1.29 is 13.2 Å². The molecule has 11 heteroatoms. The summed E-state index contributed by atoms with van der Waals surface area (Å²) in [5, 5.41) is 7.69. The van der Waals surface area contributed by atoms with Crippen molar-refractivity contribution in [1.82, 2.24) is 20.1 Å². The highest BCUT2D eigenvalue weighted by Crippen LogP contribution is 2.44. The standard InChI is InChI=1S/C25H29ClN6O3S/c1-36(34,35)13-12-32-16-19(14-30-32)17-2-4-18(5-3-17)20-15-29-23(27)21(26)22(20)31-10-7-25(8-11-31)6-9-28-24(25)33/h2-5,14-16H,6-13H2,1H3,(H2,27,29)(H,28,33). The van der Waals surface area contributed by atoms with Gasteiger partial charge in [0, 0.05) is 49.4 Å². The van der Waals surface area contributed by atoms with Crippen molar-refractivity contribution in [3.8, 4) is 22.3 Å². The molecule has 0 atom stereocenters. The summed E-state index contributed by atoms with van der Waals surface area (Å²) in [6, 6.07) is 8.00. The highest BCUT2D eigenvalue weighted by molar-refractivity contribution is 7.90. The van der Waals surface area contributed by atoms with E-state index in [4.69, 9.17) is 17.3 Å². The second kappa shape index (κ2) is 9.40. The van der Waals surface area contributed by atoms with Crippen molar-refractivity contribution in [3.05, 3.63) is 47.9 Å². The van der Waals surface area contributed by atoms with Crippen LogP contribution < -0.4 is 16.0 Å². The summed E-state index contributed by atoms with van der Waals surface area (Å²) >= 11 is 6.69. The number of hydrogen-bond acceptors (Lipinski definition) is 7. The van der Waals surface area contributed by atoms with E-state index in [1.807, 2.05) is 30.5 Å². The molecule has 3 N–H and O–H groups in total. The predicted octanol–water partition coefficient (Wildman–Crippen LogP) is 3.00. The lowest BCUT2D eigenvalue weighted by atomic mass is 9.77. The average molecular weight is 529 g/mol. The van der Waals surface area contributed by atoms with Crippen LogP contribution in [0, 0.1) is 5.41 Å². The van der Waals surface area contributed by atoms with Crippen LogP contribution in [-0.2, 0) is 21.2 Å². The molecular formula is C25H29ClN6O3S. The molecule has 4 heterocycles. The minimum atomic E-state index is -3.05. The van der Waals surface area contributed by atoms with Gasteiger partial charge >= 0.3 is 0 Å². The van der Waals surface area contributed by atoms with Crippen molar-refractivity contribution in [2.45, 2.75) is 25.8 Å². The zero-order valence-corrected chi connectivity index (χ0v) is 21.6. The van der Waals surface area contributed by atoms with Gasteiger partial charge in [0.2, 0.25) is 5.91 Å². The molecule has 36 heavy (non-hydrogen) atoms. The summed E-state index contributed by atoms with van der Waals surface area (Å²) in [5.74, 6) is 0.494. The highest BCUT2D eigenvalue weighted by atomic mass is 35.5. The first kappa shape index (κ1) is 24.6. The molecule has 1 aromatic carbocycles. The lowest BCUT2D eigenvalue weighted by Gasteiger charge is -2.39. The van der Waals surface area contributed by atoms with Gasteiger partial charge in [-0.05, 0) is 30.4 Å². The predicted molar refractivity (Wildman–Crippen MR) is 142 cm³/mol. The summed E-state index contributed by atoms with van der Waals surface area (Å²) in [4.78, 5) is 18.9. The van der Waals surface area contributed by atoms with E-state index in [2.05, 4.69) is 20.3 Å². The van der Waals surface area contributed by atoms with Crippen LogP contribution in [-0.4, -0.2) is 60.7 Å². The first-order valence-electron chi connectivity index (χ1n) is 11.9. The van der Waals surface area contributed by atoms with Crippen LogP contribution in [0.3, 0.4) is 0 Å². The molecule has 0 unspecified atom stereocenters. The van der Waals surface area contributed by atoms with E-state index >= 15 is 0 Å². The van der Waals surface area contributed by atoms with Gasteiger partial charge in [0.15, 0.2) is 0 Å². The van der Waals surface area contributed by atoms with E-state index < -0.39 is 9.84 Å². The number of amides is 1. The SMILES string of the molecule is CS(=O)(=O)CCn1cc(-c2ccc(-c3cnc(N)c(Cl)c3N3CCC4(CCNC4=O)CC3)cc2)cn1. The summed E-state index contributed by atoms with van der Waals surface area (Å²) in [6.45, 7) is 2.49. The van der Waals surface area contributed by atoms with Crippen LogP contribution in [0.15, 0.2) is 42.9 Å². The number of nitrogens with one attached hydrogen (secondary N) is 1. The van der Waals surface area contributed by atoms with Crippen LogP contribution in [0.5, 0.6) is 0 Å². The molecule has 2 aliphatic heterocycles. The molecule has 0 saturated carbocycles. The lowest BCUT2D eigenvalue weighted by molar-refractivity contribution is -0.128. The number of hydrogen-bond donors (Lipinski definition) is 2. The molecular weight excluding hydrogens is 500 g/mol. The van der Waals surface area contributed by atoms with Crippen LogP contribution >= 0.6 is 11.6 Å². The summed E-state index contributed by atoms with van der Waals surface area (Å²) in [5.41, 5.74) is 10.4. The number of aryl methyl sites for hydroxylation is 1. The van der Waals surface area contributed by atoms with Gasteiger partial charge in [-0.25, -0.2) is 13.4 Å². The monoisotopic (exact) mass is 528 g/mol. The molecule has 0 bridgehead atoms. The quantitative estimate of drug-likeness (QED) is 0.504. The number of piperidine rings is 1. The first-order valence-corrected chi connectivity index (χ1v) is 14.4. The van der Waals surface area contributed by atoms with Gasteiger partial charge in [-0.1, -0.05) is 35.9 Å². The molecule has 3 aromatic rings. The Morgan fingerprint density at radius 1 is 1.08 bits per heavy atom. The van der Waals surface area contributed by atoms with Crippen molar-refractivity contribution in [2.24, 2.45) is 5.41 Å². The van der Waals surface area contributed by atoms with E-state index in [1.54, 1.807) is 17.1 Å². The van der Waals surface area contributed by atoms with Gasteiger partial charge in [0.05, 0.1) is 29.6 Å². The molecule has 2 saturated heterocycles. The number of nitrogen functional groups attached to an aromatic ring is 1.